The third-order valence-corrected chi connectivity index (χ3v) is 5.41. The van der Waals surface area contributed by atoms with Gasteiger partial charge in [0.25, 0.3) is 5.91 Å². The van der Waals surface area contributed by atoms with Crippen LogP contribution in [0, 0.1) is 12.8 Å². The summed E-state index contributed by atoms with van der Waals surface area (Å²) < 4.78 is 4.73. The summed E-state index contributed by atoms with van der Waals surface area (Å²) in [5, 5.41) is 3.50. The van der Waals surface area contributed by atoms with Crippen LogP contribution < -0.4 is 5.32 Å². The summed E-state index contributed by atoms with van der Waals surface area (Å²) >= 11 is 5.87. The fourth-order valence-electron chi connectivity index (χ4n) is 3.36. The molecule has 0 unspecified atom stereocenters. The first-order valence-electron chi connectivity index (χ1n) is 9.43. The van der Waals surface area contributed by atoms with Crippen LogP contribution in [0.5, 0.6) is 0 Å². The second kappa shape index (κ2) is 9.09. The number of hydrogen-bond donors (Lipinski definition) is 1. The van der Waals surface area contributed by atoms with Crippen LogP contribution in [-0.2, 0) is 9.53 Å². The number of aryl methyl sites for hydroxylation is 1. The Morgan fingerprint density at radius 3 is 2.28 bits per heavy atom. The highest BCUT2D eigenvalue weighted by atomic mass is 35.5. The molecule has 7 heteroatoms. The number of carbonyl (C=O) groups excluding carboxylic acids is 3. The first kappa shape index (κ1) is 20.9. The van der Waals surface area contributed by atoms with Gasteiger partial charge in [0, 0.05) is 35.3 Å². The summed E-state index contributed by atoms with van der Waals surface area (Å²) in [7, 11) is 1.32. The van der Waals surface area contributed by atoms with Crippen LogP contribution in [0.4, 0.5) is 5.69 Å². The maximum Gasteiger partial charge on any atom is 0.337 e. The average Bonchev–Trinajstić information content (AvgIpc) is 2.74. The number of halogens is 1. The number of nitrogens with zero attached hydrogens (tertiary/aromatic N) is 1. The molecule has 3 rings (SSSR count). The molecule has 2 aromatic carbocycles. The molecule has 0 atom stereocenters. The minimum atomic E-state index is -0.450. The number of esters is 1. The average molecular weight is 415 g/mol. The van der Waals surface area contributed by atoms with Gasteiger partial charge >= 0.3 is 5.97 Å². The molecule has 0 radical (unpaired) electrons. The lowest BCUT2D eigenvalue weighted by Gasteiger charge is -2.31. The molecular formula is C22H23ClN2O4. The van der Waals surface area contributed by atoms with Crippen LogP contribution in [0.25, 0.3) is 0 Å². The van der Waals surface area contributed by atoms with Crippen LogP contribution in [0.1, 0.15) is 39.1 Å². The van der Waals surface area contributed by atoms with Gasteiger partial charge in [-0.2, -0.15) is 0 Å². The van der Waals surface area contributed by atoms with E-state index in [4.69, 9.17) is 16.3 Å². The SMILES string of the molecule is COC(=O)c1ccc(C)c(NC(=O)C2CCN(C(=O)c3ccc(Cl)cc3)CC2)c1. The highest BCUT2D eigenvalue weighted by molar-refractivity contribution is 6.30. The normalized spacial score (nSPS) is 14.4. The molecular weight excluding hydrogens is 392 g/mol. The number of ether oxygens (including phenoxy) is 1. The smallest absolute Gasteiger partial charge is 0.337 e. The molecule has 1 saturated heterocycles. The van der Waals surface area contributed by atoms with Crippen molar-refractivity contribution in [3.63, 3.8) is 0 Å². The number of likely N-dealkylation sites (tertiary alicyclic amines) is 1. The van der Waals surface area contributed by atoms with Gasteiger partial charge in [-0.05, 0) is 61.7 Å². The van der Waals surface area contributed by atoms with E-state index < -0.39 is 5.97 Å². The molecule has 2 aromatic rings. The van der Waals surface area contributed by atoms with E-state index in [0.29, 0.717) is 47.8 Å². The fraction of sp³-hybridized carbons (Fsp3) is 0.318. The summed E-state index contributed by atoms with van der Waals surface area (Å²) in [6, 6.07) is 11.9. The molecule has 2 amide bonds. The van der Waals surface area contributed by atoms with E-state index in [1.807, 2.05) is 6.92 Å². The molecule has 0 spiro atoms. The first-order chi connectivity index (χ1) is 13.9. The highest BCUT2D eigenvalue weighted by Crippen LogP contribution is 2.23. The molecule has 1 N–H and O–H groups in total. The summed E-state index contributed by atoms with van der Waals surface area (Å²) in [5.74, 6) is -0.796. The van der Waals surface area contributed by atoms with Crippen molar-refractivity contribution in [2.75, 3.05) is 25.5 Å². The Hall–Kier alpha value is -2.86. The number of rotatable bonds is 4. The summed E-state index contributed by atoms with van der Waals surface area (Å²) in [6.45, 7) is 2.89. The Morgan fingerprint density at radius 1 is 1.03 bits per heavy atom. The van der Waals surface area contributed by atoms with Gasteiger partial charge in [0.15, 0.2) is 0 Å². The van der Waals surface area contributed by atoms with Crippen molar-refractivity contribution in [1.82, 2.24) is 4.90 Å². The zero-order valence-corrected chi connectivity index (χ0v) is 17.2. The predicted molar refractivity (Wildman–Crippen MR) is 111 cm³/mol. The number of piperidine rings is 1. The van der Waals surface area contributed by atoms with Crippen molar-refractivity contribution in [3.8, 4) is 0 Å². The van der Waals surface area contributed by atoms with Crippen LogP contribution >= 0.6 is 11.6 Å². The van der Waals surface area contributed by atoms with Crippen molar-refractivity contribution in [3.05, 3.63) is 64.2 Å². The first-order valence-corrected chi connectivity index (χ1v) is 9.81. The standard InChI is InChI=1S/C22H23ClN2O4/c1-14-3-4-17(22(28)29-2)13-19(14)24-20(26)15-9-11-25(12-10-15)21(27)16-5-7-18(23)8-6-16/h3-8,13,15H,9-12H2,1-2H3,(H,24,26). The number of amides is 2. The molecule has 0 aromatic heterocycles. The molecule has 1 aliphatic heterocycles. The molecule has 152 valence electrons. The number of carbonyl (C=O) groups is 3. The van der Waals surface area contributed by atoms with E-state index >= 15 is 0 Å². The topological polar surface area (TPSA) is 75.7 Å². The Balaban J connectivity index is 1.60. The lowest BCUT2D eigenvalue weighted by Crippen LogP contribution is -2.41. The predicted octanol–water partition coefficient (Wildman–Crippen LogP) is 3.93. The van der Waals surface area contributed by atoms with Crippen molar-refractivity contribution in [2.45, 2.75) is 19.8 Å². The molecule has 0 bridgehead atoms. The molecule has 1 heterocycles. The van der Waals surface area contributed by atoms with Gasteiger partial charge in [0.2, 0.25) is 5.91 Å². The number of methoxy groups -OCH3 is 1. The zero-order valence-electron chi connectivity index (χ0n) is 16.4. The van der Waals surface area contributed by atoms with E-state index in [0.717, 1.165) is 5.56 Å². The van der Waals surface area contributed by atoms with Gasteiger partial charge in [0.1, 0.15) is 0 Å². The van der Waals surface area contributed by atoms with Gasteiger partial charge in [-0.15, -0.1) is 0 Å². The maximum absolute atomic E-state index is 12.7. The van der Waals surface area contributed by atoms with E-state index in [1.54, 1.807) is 47.4 Å². The summed E-state index contributed by atoms with van der Waals surface area (Å²) in [4.78, 5) is 38.8. The van der Waals surface area contributed by atoms with Crippen molar-refractivity contribution >= 4 is 35.1 Å². The van der Waals surface area contributed by atoms with Crippen molar-refractivity contribution in [2.24, 2.45) is 5.92 Å². The third-order valence-electron chi connectivity index (χ3n) is 5.16. The second-order valence-electron chi connectivity index (χ2n) is 7.08. The van der Waals surface area contributed by atoms with Crippen LogP contribution in [-0.4, -0.2) is 42.9 Å². The Morgan fingerprint density at radius 2 is 1.66 bits per heavy atom. The third kappa shape index (κ3) is 4.95. The molecule has 29 heavy (non-hydrogen) atoms. The van der Waals surface area contributed by atoms with Gasteiger partial charge in [-0.3, -0.25) is 9.59 Å². The minimum Gasteiger partial charge on any atom is -0.465 e. The molecule has 1 aliphatic rings. The fourth-order valence-corrected chi connectivity index (χ4v) is 3.48. The number of anilines is 1. The zero-order chi connectivity index (χ0) is 21.0. The van der Waals surface area contributed by atoms with Gasteiger partial charge in [0.05, 0.1) is 12.7 Å². The second-order valence-corrected chi connectivity index (χ2v) is 7.52. The van der Waals surface area contributed by atoms with E-state index in [9.17, 15) is 14.4 Å². The van der Waals surface area contributed by atoms with E-state index in [-0.39, 0.29) is 17.7 Å². The number of hydrogen-bond acceptors (Lipinski definition) is 4. The largest absolute Gasteiger partial charge is 0.465 e. The minimum absolute atomic E-state index is 0.0536. The number of nitrogens with one attached hydrogen (secondary N) is 1. The lowest BCUT2D eigenvalue weighted by atomic mass is 9.95. The molecule has 1 fully saturated rings. The van der Waals surface area contributed by atoms with Gasteiger partial charge in [-0.1, -0.05) is 17.7 Å². The highest BCUT2D eigenvalue weighted by Gasteiger charge is 2.28. The van der Waals surface area contributed by atoms with E-state index in [1.165, 1.54) is 7.11 Å². The quantitative estimate of drug-likeness (QED) is 0.769. The van der Waals surface area contributed by atoms with Crippen LogP contribution in [0.2, 0.25) is 5.02 Å². The van der Waals surface area contributed by atoms with Crippen molar-refractivity contribution < 1.29 is 19.1 Å². The monoisotopic (exact) mass is 414 g/mol. The van der Waals surface area contributed by atoms with E-state index in [2.05, 4.69) is 5.32 Å². The Kier molecular flexibility index (Phi) is 6.54. The summed E-state index contributed by atoms with van der Waals surface area (Å²) in [5.41, 5.74) is 2.43. The van der Waals surface area contributed by atoms with Crippen LogP contribution in [0.3, 0.4) is 0 Å². The number of benzene rings is 2. The lowest BCUT2D eigenvalue weighted by molar-refractivity contribution is -0.121. The Bertz CT molecular complexity index is 919. The van der Waals surface area contributed by atoms with Gasteiger partial charge < -0.3 is 15.0 Å². The Labute approximate surface area is 174 Å². The summed E-state index contributed by atoms with van der Waals surface area (Å²) in [6.07, 6.45) is 1.17. The van der Waals surface area contributed by atoms with Crippen molar-refractivity contribution in [1.29, 1.82) is 0 Å². The molecule has 6 nitrogen and oxygen atoms in total. The maximum atomic E-state index is 12.7. The molecule has 0 aliphatic carbocycles. The molecule has 0 saturated carbocycles. The van der Waals surface area contributed by atoms with Gasteiger partial charge in [-0.25, -0.2) is 4.79 Å². The van der Waals surface area contributed by atoms with Crippen LogP contribution in [0.15, 0.2) is 42.5 Å².